The Labute approximate surface area is 157 Å². The van der Waals surface area contributed by atoms with E-state index in [4.69, 9.17) is 4.74 Å². The van der Waals surface area contributed by atoms with Crippen LogP contribution in [0.15, 0.2) is 24.3 Å². The van der Waals surface area contributed by atoms with E-state index in [1.54, 1.807) is 4.90 Å². The van der Waals surface area contributed by atoms with Gasteiger partial charge in [0, 0.05) is 20.1 Å². The monoisotopic (exact) mass is 356 g/mol. The Morgan fingerprint density at radius 3 is 2.23 bits per heavy atom. The van der Waals surface area contributed by atoms with Crippen LogP contribution in [0.25, 0.3) is 0 Å². The minimum absolute atomic E-state index is 0.0506. The van der Waals surface area contributed by atoms with Crippen LogP contribution in [0.1, 0.15) is 51.0 Å². The SMILES string of the molecule is CCOc1ccc(CN(C)C(=O)NCC23CC4CC(CC(C4)C2)C3)cc1. The molecule has 1 aromatic carbocycles. The molecule has 0 heterocycles. The number of carbonyl (C=O) groups is 1. The topological polar surface area (TPSA) is 41.6 Å². The van der Waals surface area contributed by atoms with Gasteiger partial charge in [0.05, 0.1) is 6.61 Å². The van der Waals surface area contributed by atoms with E-state index < -0.39 is 0 Å². The minimum Gasteiger partial charge on any atom is -0.494 e. The van der Waals surface area contributed by atoms with E-state index in [0.29, 0.717) is 18.6 Å². The Morgan fingerprint density at radius 1 is 1.12 bits per heavy atom. The molecule has 4 saturated carbocycles. The van der Waals surface area contributed by atoms with Crippen LogP contribution in [-0.4, -0.2) is 31.1 Å². The minimum atomic E-state index is 0.0506. The number of rotatable bonds is 6. The Kier molecular flexibility index (Phi) is 4.85. The lowest BCUT2D eigenvalue weighted by Gasteiger charge is -2.57. The van der Waals surface area contributed by atoms with Crippen molar-refractivity contribution in [2.75, 3.05) is 20.2 Å². The van der Waals surface area contributed by atoms with Crippen molar-refractivity contribution >= 4 is 6.03 Å². The lowest BCUT2D eigenvalue weighted by Crippen LogP contribution is -2.52. The second-order valence-corrected chi connectivity index (χ2v) is 9.01. The summed E-state index contributed by atoms with van der Waals surface area (Å²) in [6.07, 6.45) is 8.35. The third-order valence-corrected chi connectivity index (χ3v) is 6.78. The molecule has 0 spiro atoms. The first-order valence-corrected chi connectivity index (χ1v) is 10.3. The molecule has 2 amide bonds. The molecule has 4 bridgehead atoms. The van der Waals surface area contributed by atoms with Crippen LogP contribution < -0.4 is 10.1 Å². The fraction of sp³-hybridized carbons (Fsp3) is 0.682. The molecule has 1 aromatic rings. The van der Waals surface area contributed by atoms with Crippen LogP contribution in [0.5, 0.6) is 5.75 Å². The first-order chi connectivity index (χ1) is 12.5. The summed E-state index contributed by atoms with van der Waals surface area (Å²) < 4.78 is 5.48. The molecule has 0 aliphatic heterocycles. The Hall–Kier alpha value is -1.71. The molecule has 0 saturated heterocycles. The van der Waals surface area contributed by atoms with E-state index in [1.807, 2.05) is 38.2 Å². The van der Waals surface area contributed by atoms with Gasteiger partial charge in [-0.25, -0.2) is 4.79 Å². The molecule has 4 nitrogen and oxygen atoms in total. The van der Waals surface area contributed by atoms with Gasteiger partial charge < -0.3 is 15.0 Å². The van der Waals surface area contributed by atoms with Crippen LogP contribution in [-0.2, 0) is 6.54 Å². The number of benzene rings is 1. The van der Waals surface area contributed by atoms with Gasteiger partial charge in [0.2, 0.25) is 0 Å². The van der Waals surface area contributed by atoms with Gasteiger partial charge in [-0.15, -0.1) is 0 Å². The molecule has 4 heteroatoms. The zero-order valence-corrected chi connectivity index (χ0v) is 16.2. The smallest absolute Gasteiger partial charge is 0.317 e. The summed E-state index contributed by atoms with van der Waals surface area (Å²) >= 11 is 0. The van der Waals surface area contributed by atoms with Gasteiger partial charge in [-0.3, -0.25) is 0 Å². The maximum Gasteiger partial charge on any atom is 0.317 e. The first kappa shape index (κ1) is 17.7. The maximum atomic E-state index is 12.6. The first-order valence-electron chi connectivity index (χ1n) is 10.3. The summed E-state index contributed by atoms with van der Waals surface area (Å²) in [6, 6.07) is 8.07. The molecule has 0 aromatic heterocycles. The van der Waals surface area contributed by atoms with E-state index in [9.17, 15) is 4.79 Å². The molecule has 5 rings (SSSR count). The van der Waals surface area contributed by atoms with Gasteiger partial charge in [0.1, 0.15) is 5.75 Å². The maximum absolute atomic E-state index is 12.6. The second kappa shape index (κ2) is 7.13. The predicted octanol–water partition coefficient (Wildman–Crippen LogP) is 4.44. The number of hydrogen-bond donors (Lipinski definition) is 1. The Bertz CT molecular complexity index is 605. The molecule has 0 radical (unpaired) electrons. The molecule has 4 aliphatic carbocycles. The summed E-state index contributed by atoms with van der Waals surface area (Å²) in [4.78, 5) is 14.4. The number of carbonyl (C=O) groups excluding carboxylic acids is 1. The molecular formula is C22H32N2O2. The Balaban J connectivity index is 1.29. The van der Waals surface area contributed by atoms with Crippen molar-refractivity contribution in [1.29, 1.82) is 0 Å². The largest absolute Gasteiger partial charge is 0.494 e. The van der Waals surface area contributed by atoms with E-state index in [2.05, 4.69) is 5.32 Å². The van der Waals surface area contributed by atoms with Crippen molar-refractivity contribution in [2.45, 2.75) is 52.0 Å². The van der Waals surface area contributed by atoms with E-state index >= 15 is 0 Å². The molecule has 4 aliphatic rings. The summed E-state index contributed by atoms with van der Waals surface area (Å²) in [6.45, 7) is 4.14. The normalized spacial score (nSPS) is 31.7. The van der Waals surface area contributed by atoms with Gasteiger partial charge in [-0.05, 0) is 86.3 Å². The summed E-state index contributed by atoms with van der Waals surface area (Å²) in [5.74, 6) is 3.67. The van der Waals surface area contributed by atoms with Gasteiger partial charge >= 0.3 is 6.03 Å². The average Bonchev–Trinajstić information content (AvgIpc) is 2.60. The third kappa shape index (κ3) is 3.70. The van der Waals surface area contributed by atoms with Crippen LogP contribution >= 0.6 is 0 Å². The molecule has 142 valence electrons. The van der Waals surface area contributed by atoms with Crippen LogP contribution in [0.2, 0.25) is 0 Å². The predicted molar refractivity (Wildman–Crippen MR) is 103 cm³/mol. The highest BCUT2D eigenvalue weighted by Gasteiger charge is 2.50. The van der Waals surface area contributed by atoms with Crippen molar-refractivity contribution < 1.29 is 9.53 Å². The second-order valence-electron chi connectivity index (χ2n) is 9.01. The van der Waals surface area contributed by atoms with Gasteiger partial charge in [0.15, 0.2) is 0 Å². The molecule has 26 heavy (non-hydrogen) atoms. The summed E-state index contributed by atoms with van der Waals surface area (Å²) in [7, 11) is 1.88. The fourth-order valence-electron chi connectivity index (χ4n) is 6.11. The van der Waals surface area contributed by atoms with Crippen molar-refractivity contribution in [2.24, 2.45) is 23.2 Å². The number of nitrogens with zero attached hydrogens (tertiary/aromatic N) is 1. The summed E-state index contributed by atoms with van der Waals surface area (Å²) in [5, 5.41) is 3.25. The van der Waals surface area contributed by atoms with Crippen molar-refractivity contribution in [3.8, 4) is 5.75 Å². The van der Waals surface area contributed by atoms with Gasteiger partial charge in [-0.2, -0.15) is 0 Å². The zero-order valence-electron chi connectivity index (χ0n) is 16.2. The summed E-state index contributed by atoms with van der Waals surface area (Å²) in [5.41, 5.74) is 1.52. The molecule has 1 N–H and O–H groups in total. The highest BCUT2D eigenvalue weighted by molar-refractivity contribution is 5.73. The van der Waals surface area contributed by atoms with E-state index in [-0.39, 0.29) is 6.03 Å². The van der Waals surface area contributed by atoms with Crippen LogP contribution in [0.3, 0.4) is 0 Å². The van der Waals surface area contributed by atoms with Crippen LogP contribution in [0.4, 0.5) is 4.79 Å². The number of ether oxygens (including phenoxy) is 1. The quantitative estimate of drug-likeness (QED) is 0.818. The van der Waals surface area contributed by atoms with Gasteiger partial charge in [-0.1, -0.05) is 12.1 Å². The van der Waals surface area contributed by atoms with E-state index in [1.165, 1.54) is 38.5 Å². The lowest BCUT2D eigenvalue weighted by atomic mass is 9.49. The number of hydrogen-bond acceptors (Lipinski definition) is 2. The number of amides is 2. The number of urea groups is 1. The highest BCUT2D eigenvalue weighted by Crippen LogP contribution is 2.59. The average molecular weight is 357 g/mol. The molecule has 0 unspecified atom stereocenters. The lowest BCUT2D eigenvalue weighted by molar-refractivity contribution is -0.0501. The standard InChI is InChI=1S/C22H32N2O2/c1-3-26-20-6-4-16(5-7-20)14-24(2)21(25)23-15-22-11-17-8-18(12-22)10-19(9-17)13-22/h4-7,17-19H,3,8-15H2,1-2H3,(H,23,25). The van der Waals surface area contributed by atoms with Crippen molar-refractivity contribution in [3.05, 3.63) is 29.8 Å². The van der Waals surface area contributed by atoms with Gasteiger partial charge in [0.25, 0.3) is 0 Å². The fourth-order valence-corrected chi connectivity index (χ4v) is 6.11. The van der Waals surface area contributed by atoms with Crippen LogP contribution in [0, 0.1) is 23.2 Å². The Morgan fingerprint density at radius 2 is 1.69 bits per heavy atom. The van der Waals surface area contributed by atoms with Crippen molar-refractivity contribution in [3.63, 3.8) is 0 Å². The zero-order chi connectivity index (χ0) is 18.1. The molecule has 4 fully saturated rings. The highest BCUT2D eigenvalue weighted by atomic mass is 16.5. The third-order valence-electron chi connectivity index (χ3n) is 6.78. The molecular weight excluding hydrogens is 324 g/mol. The number of nitrogens with one attached hydrogen (secondary N) is 1. The van der Waals surface area contributed by atoms with E-state index in [0.717, 1.165) is 35.6 Å². The molecule has 0 atom stereocenters. The van der Waals surface area contributed by atoms with Crippen molar-refractivity contribution in [1.82, 2.24) is 10.2 Å².